The van der Waals surface area contributed by atoms with E-state index in [0.29, 0.717) is 18.0 Å². The van der Waals surface area contributed by atoms with Gasteiger partial charge in [0.1, 0.15) is 5.75 Å². The van der Waals surface area contributed by atoms with Crippen LogP contribution in [-0.2, 0) is 17.6 Å². The molecular weight excluding hydrogens is 398 g/mol. The molecule has 0 bridgehead atoms. The number of aromatic nitrogens is 1. The van der Waals surface area contributed by atoms with E-state index < -0.39 is 0 Å². The van der Waals surface area contributed by atoms with Gasteiger partial charge in [0, 0.05) is 29.7 Å². The third kappa shape index (κ3) is 3.37. The number of pyridine rings is 1. The molecule has 1 fully saturated rings. The maximum atomic E-state index is 12.8. The van der Waals surface area contributed by atoms with E-state index in [1.165, 1.54) is 17.7 Å². The van der Waals surface area contributed by atoms with Gasteiger partial charge in [0.2, 0.25) is 5.91 Å². The Morgan fingerprint density at radius 3 is 2.83 bits per heavy atom. The second-order valence-electron chi connectivity index (χ2n) is 8.00. The van der Waals surface area contributed by atoms with Crippen molar-refractivity contribution in [2.75, 3.05) is 23.9 Å². The number of para-hydroxylation sites is 1. The number of carbonyl (C=O) groups excluding carboxylic acids is 1. The van der Waals surface area contributed by atoms with E-state index in [9.17, 15) is 4.79 Å². The summed E-state index contributed by atoms with van der Waals surface area (Å²) >= 11 is 6.35. The first-order valence-electron chi connectivity index (χ1n) is 10.4. The minimum absolute atomic E-state index is 0.0107. The van der Waals surface area contributed by atoms with Gasteiger partial charge >= 0.3 is 0 Å². The fraction of sp³-hybridized carbons (Fsp3) is 0.333. The second kappa shape index (κ2) is 7.80. The van der Waals surface area contributed by atoms with Crippen LogP contribution in [-0.4, -0.2) is 30.6 Å². The summed E-state index contributed by atoms with van der Waals surface area (Å²) in [4.78, 5) is 19.5. The fourth-order valence-electron chi connectivity index (χ4n) is 4.61. The molecule has 1 aliphatic heterocycles. The van der Waals surface area contributed by atoms with Gasteiger partial charge in [-0.05, 0) is 61.6 Å². The molecule has 1 atom stereocenters. The van der Waals surface area contributed by atoms with Crippen LogP contribution in [0.4, 0.5) is 11.4 Å². The highest BCUT2D eigenvalue weighted by Crippen LogP contribution is 2.37. The van der Waals surface area contributed by atoms with Gasteiger partial charge in [-0.2, -0.15) is 0 Å². The molecule has 3 aromatic rings. The molecule has 1 saturated heterocycles. The molecule has 2 aromatic carbocycles. The molecule has 2 aliphatic rings. The molecule has 1 aromatic heterocycles. The van der Waals surface area contributed by atoms with E-state index in [2.05, 4.69) is 5.32 Å². The highest BCUT2D eigenvalue weighted by molar-refractivity contribution is 6.33. The summed E-state index contributed by atoms with van der Waals surface area (Å²) in [7, 11) is 1.68. The van der Waals surface area contributed by atoms with Crippen molar-refractivity contribution in [3.05, 3.63) is 58.7 Å². The molecule has 0 radical (unpaired) electrons. The van der Waals surface area contributed by atoms with E-state index >= 15 is 0 Å². The summed E-state index contributed by atoms with van der Waals surface area (Å²) in [6, 6.07) is 13.5. The minimum Gasteiger partial charge on any atom is -0.497 e. The molecule has 6 heteroatoms. The van der Waals surface area contributed by atoms with Crippen molar-refractivity contribution in [3.63, 3.8) is 0 Å². The second-order valence-corrected chi connectivity index (χ2v) is 8.41. The molecule has 1 unspecified atom stereocenters. The van der Waals surface area contributed by atoms with Gasteiger partial charge in [0.25, 0.3) is 0 Å². The average Bonchev–Trinajstić information content (AvgIpc) is 3.13. The molecule has 154 valence electrons. The van der Waals surface area contributed by atoms with Gasteiger partial charge in [-0.1, -0.05) is 23.7 Å². The standard InChI is InChI=1S/C24H24ClN3O2/c1-30-16-10-11-21-18(13-16)24(17-6-2-4-8-20(17)27-21)26-15-12-23(29)28(14-15)22-9-5-3-7-19(22)25/h3,5,7,9-11,13,15H,2,4,6,8,12,14H2,1H3,(H,26,27). The lowest BCUT2D eigenvalue weighted by molar-refractivity contribution is -0.117. The van der Waals surface area contributed by atoms with Gasteiger partial charge in [-0.15, -0.1) is 0 Å². The summed E-state index contributed by atoms with van der Waals surface area (Å²) in [6.07, 6.45) is 4.78. The number of halogens is 1. The van der Waals surface area contributed by atoms with Gasteiger partial charge in [-0.3, -0.25) is 9.78 Å². The van der Waals surface area contributed by atoms with Crippen LogP contribution in [0.2, 0.25) is 5.02 Å². The lowest BCUT2D eigenvalue weighted by Crippen LogP contribution is -2.28. The molecule has 5 nitrogen and oxygen atoms in total. The normalized spacial score (nSPS) is 18.5. The summed E-state index contributed by atoms with van der Waals surface area (Å²) < 4.78 is 5.46. The zero-order valence-corrected chi connectivity index (χ0v) is 17.7. The summed E-state index contributed by atoms with van der Waals surface area (Å²) in [5.74, 6) is 0.897. The Hall–Kier alpha value is -2.79. The minimum atomic E-state index is 0.0107. The lowest BCUT2D eigenvalue weighted by atomic mass is 9.92. The first-order valence-corrected chi connectivity index (χ1v) is 10.8. The van der Waals surface area contributed by atoms with Crippen molar-refractivity contribution in [1.82, 2.24) is 4.98 Å². The predicted molar refractivity (Wildman–Crippen MR) is 121 cm³/mol. The predicted octanol–water partition coefficient (Wildman–Crippen LogP) is 4.99. The summed E-state index contributed by atoms with van der Waals surface area (Å²) in [5, 5.41) is 5.37. The monoisotopic (exact) mass is 421 g/mol. The van der Waals surface area contributed by atoms with Crippen molar-refractivity contribution in [2.45, 2.75) is 38.1 Å². The van der Waals surface area contributed by atoms with Crippen molar-refractivity contribution in [1.29, 1.82) is 0 Å². The van der Waals surface area contributed by atoms with Gasteiger partial charge < -0.3 is 15.0 Å². The number of methoxy groups -OCH3 is 1. The highest BCUT2D eigenvalue weighted by Gasteiger charge is 2.32. The Bertz CT molecular complexity index is 1130. The van der Waals surface area contributed by atoms with E-state index in [-0.39, 0.29) is 11.9 Å². The molecule has 1 aliphatic carbocycles. The number of fused-ring (bicyclic) bond motifs is 2. The zero-order chi connectivity index (χ0) is 20.7. The van der Waals surface area contributed by atoms with Crippen LogP contribution in [0.25, 0.3) is 10.9 Å². The maximum absolute atomic E-state index is 12.8. The van der Waals surface area contributed by atoms with Crippen molar-refractivity contribution in [2.24, 2.45) is 0 Å². The number of rotatable bonds is 4. The van der Waals surface area contributed by atoms with Crippen LogP contribution < -0.4 is 15.0 Å². The molecule has 1 N–H and O–H groups in total. The molecule has 0 spiro atoms. The maximum Gasteiger partial charge on any atom is 0.229 e. The largest absolute Gasteiger partial charge is 0.497 e. The molecule has 1 amide bonds. The van der Waals surface area contributed by atoms with Gasteiger partial charge in [0.15, 0.2) is 0 Å². The lowest BCUT2D eigenvalue weighted by Gasteiger charge is -2.24. The quantitative estimate of drug-likeness (QED) is 0.644. The molecule has 2 heterocycles. The number of hydrogen-bond donors (Lipinski definition) is 1. The number of hydrogen-bond acceptors (Lipinski definition) is 4. The first kappa shape index (κ1) is 19.2. The number of nitrogens with zero attached hydrogens (tertiary/aromatic N) is 2. The Balaban J connectivity index is 1.52. The van der Waals surface area contributed by atoms with E-state index in [4.69, 9.17) is 21.3 Å². The Morgan fingerprint density at radius 2 is 2.00 bits per heavy atom. The van der Waals surface area contributed by atoms with Crippen LogP contribution in [0.5, 0.6) is 5.75 Å². The van der Waals surface area contributed by atoms with E-state index in [1.807, 2.05) is 42.5 Å². The van der Waals surface area contributed by atoms with Crippen LogP contribution in [0.1, 0.15) is 30.5 Å². The first-order chi connectivity index (χ1) is 14.6. The van der Waals surface area contributed by atoms with Crippen molar-refractivity contribution >= 4 is 39.8 Å². The summed E-state index contributed by atoms with van der Waals surface area (Å²) in [5.41, 5.74) is 5.30. The van der Waals surface area contributed by atoms with Crippen LogP contribution in [0.3, 0.4) is 0 Å². The third-order valence-electron chi connectivity index (χ3n) is 6.09. The highest BCUT2D eigenvalue weighted by atomic mass is 35.5. The number of nitrogens with one attached hydrogen (secondary N) is 1. The molecule has 0 saturated carbocycles. The Labute approximate surface area is 181 Å². The van der Waals surface area contributed by atoms with Crippen LogP contribution >= 0.6 is 11.6 Å². The smallest absolute Gasteiger partial charge is 0.229 e. The van der Waals surface area contributed by atoms with Gasteiger partial charge in [-0.25, -0.2) is 0 Å². The van der Waals surface area contributed by atoms with Crippen molar-refractivity contribution < 1.29 is 9.53 Å². The number of amides is 1. The van der Waals surface area contributed by atoms with E-state index in [1.54, 1.807) is 12.0 Å². The molecule has 30 heavy (non-hydrogen) atoms. The third-order valence-corrected chi connectivity index (χ3v) is 6.41. The number of anilines is 2. The Morgan fingerprint density at radius 1 is 1.17 bits per heavy atom. The fourth-order valence-corrected chi connectivity index (χ4v) is 4.84. The topological polar surface area (TPSA) is 54.5 Å². The van der Waals surface area contributed by atoms with Crippen molar-refractivity contribution in [3.8, 4) is 5.75 Å². The number of ether oxygens (including phenoxy) is 1. The number of benzene rings is 2. The molecular formula is C24H24ClN3O2. The average molecular weight is 422 g/mol. The number of carbonyl (C=O) groups is 1. The van der Waals surface area contributed by atoms with Gasteiger partial charge in [0.05, 0.1) is 29.4 Å². The zero-order valence-electron chi connectivity index (χ0n) is 17.0. The molecule has 5 rings (SSSR count). The number of aryl methyl sites for hydroxylation is 1. The van der Waals surface area contributed by atoms with E-state index in [0.717, 1.165) is 47.3 Å². The SMILES string of the molecule is COc1ccc2nc3c(c(NC4CC(=O)N(c5ccccc5Cl)C4)c2c1)CCCC3. The van der Waals surface area contributed by atoms with Crippen LogP contribution in [0.15, 0.2) is 42.5 Å². The Kier molecular flexibility index (Phi) is 4.99. The summed E-state index contributed by atoms with van der Waals surface area (Å²) in [6.45, 7) is 0.588. The van der Waals surface area contributed by atoms with Crippen LogP contribution in [0, 0.1) is 0 Å².